The van der Waals surface area contributed by atoms with Crippen LogP contribution in [0.3, 0.4) is 0 Å². The maximum Gasteiger partial charge on any atom is 0.225 e. The lowest BCUT2D eigenvalue weighted by Crippen LogP contribution is -2.63. The van der Waals surface area contributed by atoms with E-state index in [1.165, 1.54) is 0 Å². The van der Waals surface area contributed by atoms with Crippen molar-refractivity contribution >= 4 is 0 Å². The second-order valence-corrected chi connectivity index (χ2v) is 8.59. The van der Waals surface area contributed by atoms with Crippen LogP contribution in [0.5, 0.6) is 0 Å². The molecule has 4 rings (SSSR count). The lowest BCUT2D eigenvalue weighted by atomic mass is 9.71. The summed E-state index contributed by atoms with van der Waals surface area (Å²) in [5.41, 5.74) is -1.65. The Hall–Kier alpha value is -2.61. The highest BCUT2D eigenvalue weighted by molar-refractivity contribution is 5.28. The van der Waals surface area contributed by atoms with Gasteiger partial charge in [0.05, 0.1) is 13.2 Å². The molecule has 0 saturated carbocycles. The molecule has 0 amide bonds. The quantitative estimate of drug-likeness (QED) is 0.465. The van der Waals surface area contributed by atoms with Crippen molar-refractivity contribution in [3.63, 3.8) is 0 Å². The minimum atomic E-state index is -2.49. The molecular weight excluding hydrogens is 423 g/mol. The van der Waals surface area contributed by atoms with Gasteiger partial charge >= 0.3 is 0 Å². The Morgan fingerprint density at radius 2 is 1.21 bits per heavy atom. The van der Waals surface area contributed by atoms with Gasteiger partial charge in [-0.1, -0.05) is 91.0 Å². The van der Waals surface area contributed by atoms with Gasteiger partial charge in [0.15, 0.2) is 0 Å². The molecule has 3 N–H and O–H groups in total. The van der Waals surface area contributed by atoms with Gasteiger partial charge in [-0.25, -0.2) is 4.39 Å². The first kappa shape index (κ1) is 23.5. The molecule has 6 heteroatoms. The van der Waals surface area contributed by atoms with E-state index < -0.39 is 29.8 Å². The van der Waals surface area contributed by atoms with Crippen molar-refractivity contribution in [2.75, 3.05) is 6.61 Å². The first-order valence-corrected chi connectivity index (χ1v) is 11.0. The number of rotatable bonds is 9. The number of halogens is 1. The maximum atomic E-state index is 14.4. The number of aliphatic hydroxyl groups is 3. The van der Waals surface area contributed by atoms with E-state index >= 15 is 0 Å². The van der Waals surface area contributed by atoms with Gasteiger partial charge in [-0.05, 0) is 16.7 Å². The molecule has 1 saturated heterocycles. The van der Waals surface area contributed by atoms with Gasteiger partial charge in [-0.2, -0.15) is 0 Å². The van der Waals surface area contributed by atoms with Crippen LogP contribution >= 0.6 is 0 Å². The Balaban J connectivity index is 1.65. The molecule has 1 aliphatic heterocycles. The van der Waals surface area contributed by atoms with Gasteiger partial charge in [0.25, 0.3) is 0 Å². The zero-order valence-electron chi connectivity index (χ0n) is 18.3. The van der Waals surface area contributed by atoms with Crippen LogP contribution in [0.25, 0.3) is 0 Å². The second kappa shape index (κ2) is 10.1. The predicted octanol–water partition coefficient (Wildman–Crippen LogP) is 3.21. The maximum absolute atomic E-state index is 14.4. The van der Waals surface area contributed by atoms with Crippen LogP contribution in [-0.2, 0) is 28.9 Å². The molecule has 33 heavy (non-hydrogen) atoms. The highest BCUT2D eigenvalue weighted by Crippen LogP contribution is 2.46. The van der Waals surface area contributed by atoms with Crippen molar-refractivity contribution in [2.24, 2.45) is 0 Å². The van der Waals surface area contributed by atoms with Crippen LogP contribution < -0.4 is 0 Å². The lowest BCUT2D eigenvalue weighted by molar-refractivity contribution is -0.176. The summed E-state index contributed by atoms with van der Waals surface area (Å²) in [6.07, 6.45) is -5.29. The summed E-state index contributed by atoms with van der Waals surface area (Å²) in [6.45, 7) is 0.181. The van der Waals surface area contributed by atoms with E-state index in [9.17, 15) is 19.7 Å². The fraction of sp³-hybridized carbons (Fsp3) is 0.333. The largest absolute Gasteiger partial charge is 0.384 e. The topological polar surface area (TPSA) is 79.2 Å². The molecule has 5 nitrogen and oxygen atoms in total. The standard InChI is InChI=1S/C27H29FO5/c28-25(29)24-27(31,17-21-12-6-2-7-13-21)26(30,16-20-10-4-1-5-11-20)23(33-24)19-32-18-22-14-8-3-9-15-22/h1-15,23-25,29-31H,16-19H2/t23-,24+,25?,26-,27-/m1/s1. The molecule has 3 aromatic carbocycles. The number of aliphatic hydroxyl groups excluding tert-OH is 1. The molecule has 1 aliphatic rings. The monoisotopic (exact) mass is 452 g/mol. The normalized spacial score (nSPS) is 28.0. The molecule has 0 bridgehead atoms. The minimum Gasteiger partial charge on any atom is -0.384 e. The van der Waals surface area contributed by atoms with Gasteiger partial charge in [0, 0.05) is 12.8 Å². The van der Waals surface area contributed by atoms with Crippen molar-refractivity contribution in [3.05, 3.63) is 108 Å². The summed E-state index contributed by atoms with van der Waals surface area (Å²) in [7, 11) is 0. The number of alkyl halides is 1. The smallest absolute Gasteiger partial charge is 0.225 e. The molecule has 1 heterocycles. The number of benzene rings is 3. The van der Waals surface area contributed by atoms with Crippen LogP contribution in [-0.4, -0.2) is 51.7 Å². The molecule has 174 valence electrons. The van der Waals surface area contributed by atoms with Crippen LogP contribution in [0, 0.1) is 0 Å². The highest BCUT2D eigenvalue weighted by atomic mass is 19.1. The van der Waals surface area contributed by atoms with Gasteiger partial charge in [0.2, 0.25) is 6.36 Å². The number of hydrogen-bond acceptors (Lipinski definition) is 5. The van der Waals surface area contributed by atoms with E-state index in [0.29, 0.717) is 5.56 Å². The molecule has 0 aliphatic carbocycles. The molecule has 0 radical (unpaired) electrons. The van der Waals surface area contributed by atoms with E-state index in [1.807, 2.05) is 66.7 Å². The van der Waals surface area contributed by atoms with Crippen LogP contribution in [0.2, 0.25) is 0 Å². The molecule has 5 atom stereocenters. The third-order valence-corrected chi connectivity index (χ3v) is 6.33. The highest BCUT2D eigenvalue weighted by Gasteiger charge is 2.67. The average molecular weight is 453 g/mol. The predicted molar refractivity (Wildman–Crippen MR) is 122 cm³/mol. The summed E-state index contributed by atoms with van der Waals surface area (Å²) in [6, 6.07) is 27.6. The third-order valence-electron chi connectivity index (χ3n) is 6.33. The molecule has 0 spiro atoms. The summed E-state index contributed by atoms with van der Waals surface area (Å²) in [5, 5.41) is 33.7. The summed E-state index contributed by atoms with van der Waals surface area (Å²) in [5.74, 6) is 0. The van der Waals surface area contributed by atoms with E-state index in [2.05, 4.69) is 0 Å². The molecule has 0 aromatic heterocycles. The van der Waals surface area contributed by atoms with Crippen molar-refractivity contribution in [3.8, 4) is 0 Å². The van der Waals surface area contributed by atoms with E-state index in [1.54, 1.807) is 24.3 Å². The average Bonchev–Trinajstić information content (AvgIpc) is 3.02. The summed E-state index contributed by atoms with van der Waals surface area (Å²) >= 11 is 0. The third kappa shape index (κ3) is 5.00. The molecular formula is C27H29FO5. The summed E-state index contributed by atoms with van der Waals surface area (Å²) in [4.78, 5) is 0. The SMILES string of the molecule is OC(F)[C@@H]1O[C@H](COCc2ccccc2)[C@](O)(Cc2ccccc2)[C@@]1(O)Cc1ccccc1. The molecule has 1 unspecified atom stereocenters. The van der Waals surface area contributed by atoms with Gasteiger partial charge in [-0.15, -0.1) is 0 Å². The summed E-state index contributed by atoms with van der Waals surface area (Å²) < 4.78 is 26.0. The van der Waals surface area contributed by atoms with Crippen LogP contribution in [0.1, 0.15) is 16.7 Å². The Kier molecular flexibility index (Phi) is 7.22. The van der Waals surface area contributed by atoms with Crippen LogP contribution in [0.15, 0.2) is 91.0 Å². The lowest BCUT2D eigenvalue weighted by Gasteiger charge is -2.41. The van der Waals surface area contributed by atoms with Crippen LogP contribution in [0.4, 0.5) is 4.39 Å². The Bertz CT molecular complexity index is 1000. The number of hydrogen-bond donors (Lipinski definition) is 3. The van der Waals surface area contributed by atoms with Gasteiger partial charge in [0.1, 0.15) is 23.4 Å². The van der Waals surface area contributed by atoms with Crippen molar-refractivity contribution in [2.45, 2.75) is 49.2 Å². The Morgan fingerprint density at radius 1 is 0.758 bits per heavy atom. The molecule has 1 fully saturated rings. The fourth-order valence-corrected chi connectivity index (χ4v) is 4.59. The minimum absolute atomic E-state index is 0.000241. The first-order valence-electron chi connectivity index (χ1n) is 11.0. The molecule has 3 aromatic rings. The van der Waals surface area contributed by atoms with E-state index in [-0.39, 0.29) is 26.1 Å². The zero-order valence-corrected chi connectivity index (χ0v) is 18.3. The van der Waals surface area contributed by atoms with Gasteiger partial charge in [-0.3, -0.25) is 0 Å². The van der Waals surface area contributed by atoms with Crippen molar-refractivity contribution in [1.82, 2.24) is 0 Å². The van der Waals surface area contributed by atoms with Crippen molar-refractivity contribution < 1.29 is 29.2 Å². The second-order valence-electron chi connectivity index (χ2n) is 8.59. The van der Waals surface area contributed by atoms with E-state index in [0.717, 1.165) is 11.1 Å². The zero-order chi connectivity index (χ0) is 23.3. The fourth-order valence-electron chi connectivity index (χ4n) is 4.59. The van der Waals surface area contributed by atoms with E-state index in [4.69, 9.17) is 9.47 Å². The Morgan fingerprint density at radius 3 is 1.70 bits per heavy atom. The van der Waals surface area contributed by atoms with Crippen molar-refractivity contribution in [1.29, 1.82) is 0 Å². The van der Waals surface area contributed by atoms with Gasteiger partial charge < -0.3 is 24.8 Å². The Labute approximate surface area is 193 Å². The first-order chi connectivity index (χ1) is 15.9. The number of ether oxygens (including phenoxy) is 2.